The fraction of sp³-hybridized carbons (Fsp3) is 0.118. The summed E-state index contributed by atoms with van der Waals surface area (Å²) in [6.45, 7) is 0. The van der Waals surface area contributed by atoms with Crippen LogP contribution in [-0.4, -0.2) is 19.1 Å². The van der Waals surface area contributed by atoms with Gasteiger partial charge in [-0.15, -0.1) is 11.8 Å². The third kappa shape index (κ3) is 3.95. The lowest BCUT2D eigenvalue weighted by Crippen LogP contribution is -1.99. The standard InChI is InChI=1S/C17H15FO2S/c1-20-17-10-6-13(18)11-15(17)16(19)9-5-12-3-7-14(21-2)8-4-12/h3-11H,1-2H3/b9-5+. The average Bonchev–Trinajstić information content (AvgIpc) is 2.53. The summed E-state index contributed by atoms with van der Waals surface area (Å²) in [4.78, 5) is 13.3. The summed E-state index contributed by atoms with van der Waals surface area (Å²) >= 11 is 1.66. The molecule has 0 aromatic heterocycles. The summed E-state index contributed by atoms with van der Waals surface area (Å²) < 4.78 is 18.3. The first kappa shape index (κ1) is 15.3. The zero-order chi connectivity index (χ0) is 15.2. The second kappa shape index (κ2) is 7.09. The molecule has 0 N–H and O–H groups in total. The molecule has 0 heterocycles. The van der Waals surface area contributed by atoms with Crippen LogP contribution in [0.1, 0.15) is 15.9 Å². The Morgan fingerprint density at radius 3 is 2.52 bits per heavy atom. The molecule has 0 bridgehead atoms. The van der Waals surface area contributed by atoms with Crippen LogP contribution in [0.15, 0.2) is 53.4 Å². The Kier molecular flexibility index (Phi) is 5.17. The predicted molar refractivity (Wildman–Crippen MR) is 84.5 cm³/mol. The van der Waals surface area contributed by atoms with Crippen molar-refractivity contribution in [3.8, 4) is 5.75 Å². The number of hydrogen-bond acceptors (Lipinski definition) is 3. The van der Waals surface area contributed by atoms with E-state index >= 15 is 0 Å². The normalized spacial score (nSPS) is 10.8. The van der Waals surface area contributed by atoms with Gasteiger partial charge in [0.15, 0.2) is 5.78 Å². The molecule has 0 atom stereocenters. The highest BCUT2D eigenvalue weighted by atomic mass is 32.2. The predicted octanol–water partition coefficient (Wildman–Crippen LogP) is 4.45. The van der Waals surface area contributed by atoms with Crippen molar-refractivity contribution in [1.29, 1.82) is 0 Å². The Balaban J connectivity index is 2.20. The number of carbonyl (C=O) groups excluding carboxylic acids is 1. The van der Waals surface area contributed by atoms with E-state index in [2.05, 4.69) is 0 Å². The molecule has 2 aromatic rings. The monoisotopic (exact) mass is 302 g/mol. The first-order valence-corrected chi connectivity index (χ1v) is 7.56. The van der Waals surface area contributed by atoms with E-state index < -0.39 is 5.82 Å². The molecule has 108 valence electrons. The van der Waals surface area contributed by atoms with Crippen molar-refractivity contribution in [1.82, 2.24) is 0 Å². The van der Waals surface area contributed by atoms with E-state index in [0.29, 0.717) is 5.75 Å². The minimum Gasteiger partial charge on any atom is -0.496 e. The van der Waals surface area contributed by atoms with Crippen LogP contribution in [0.25, 0.3) is 6.08 Å². The van der Waals surface area contributed by atoms with Crippen LogP contribution in [0.2, 0.25) is 0 Å². The van der Waals surface area contributed by atoms with Crippen LogP contribution in [-0.2, 0) is 0 Å². The van der Waals surface area contributed by atoms with Crippen molar-refractivity contribution >= 4 is 23.6 Å². The van der Waals surface area contributed by atoms with Gasteiger partial charge in [0.1, 0.15) is 11.6 Å². The Morgan fingerprint density at radius 1 is 1.19 bits per heavy atom. The van der Waals surface area contributed by atoms with Gasteiger partial charge in [-0.2, -0.15) is 0 Å². The molecule has 0 aliphatic carbocycles. The average molecular weight is 302 g/mol. The SMILES string of the molecule is COc1ccc(F)cc1C(=O)/C=C/c1ccc(SC)cc1. The lowest BCUT2D eigenvalue weighted by Gasteiger charge is -2.05. The van der Waals surface area contributed by atoms with Crippen LogP contribution in [0, 0.1) is 5.82 Å². The molecule has 2 rings (SSSR count). The number of ether oxygens (including phenoxy) is 1. The molecule has 0 saturated heterocycles. The lowest BCUT2D eigenvalue weighted by molar-refractivity contribution is 0.104. The number of hydrogen-bond donors (Lipinski definition) is 0. The van der Waals surface area contributed by atoms with E-state index in [1.165, 1.54) is 31.4 Å². The van der Waals surface area contributed by atoms with Crippen molar-refractivity contribution in [2.75, 3.05) is 13.4 Å². The molecule has 0 unspecified atom stereocenters. The quantitative estimate of drug-likeness (QED) is 0.463. The number of thioether (sulfide) groups is 1. The summed E-state index contributed by atoms with van der Waals surface area (Å²) in [5, 5.41) is 0. The number of methoxy groups -OCH3 is 1. The lowest BCUT2D eigenvalue weighted by atomic mass is 10.1. The highest BCUT2D eigenvalue weighted by molar-refractivity contribution is 7.98. The number of carbonyl (C=O) groups is 1. The largest absolute Gasteiger partial charge is 0.496 e. The third-order valence-electron chi connectivity index (χ3n) is 2.97. The van der Waals surface area contributed by atoms with Crippen molar-refractivity contribution < 1.29 is 13.9 Å². The molecule has 0 saturated carbocycles. The molecule has 0 fully saturated rings. The van der Waals surface area contributed by atoms with Crippen molar-refractivity contribution in [3.63, 3.8) is 0 Å². The number of ketones is 1. The number of allylic oxidation sites excluding steroid dienone is 1. The van der Waals surface area contributed by atoms with Crippen molar-refractivity contribution in [3.05, 3.63) is 65.5 Å². The summed E-state index contributed by atoms with van der Waals surface area (Å²) in [7, 11) is 1.45. The Labute approximate surface area is 127 Å². The summed E-state index contributed by atoms with van der Waals surface area (Å²) in [6, 6.07) is 11.7. The minimum absolute atomic E-state index is 0.217. The highest BCUT2D eigenvalue weighted by Crippen LogP contribution is 2.21. The fourth-order valence-corrected chi connectivity index (χ4v) is 2.26. The minimum atomic E-state index is -0.461. The van der Waals surface area contributed by atoms with Gasteiger partial charge >= 0.3 is 0 Å². The van der Waals surface area contributed by atoms with Gasteiger partial charge < -0.3 is 4.74 Å². The van der Waals surface area contributed by atoms with Crippen LogP contribution in [0.3, 0.4) is 0 Å². The molecular weight excluding hydrogens is 287 g/mol. The van der Waals surface area contributed by atoms with Gasteiger partial charge in [-0.05, 0) is 48.2 Å². The molecule has 0 radical (unpaired) electrons. The molecule has 0 aliphatic heterocycles. The van der Waals surface area contributed by atoms with E-state index in [1.807, 2.05) is 30.5 Å². The van der Waals surface area contributed by atoms with Gasteiger partial charge in [-0.1, -0.05) is 18.2 Å². The van der Waals surface area contributed by atoms with Gasteiger partial charge in [-0.25, -0.2) is 4.39 Å². The molecule has 2 nitrogen and oxygen atoms in total. The fourth-order valence-electron chi connectivity index (χ4n) is 1.85. The van der Waals surface area contributed by atoms with Gasteiger partial charge in [-0.3, -0.25) is 4.79 Å². The summed E-state index contributed by atoms with van der Waals surface area (Å²) in [6.07, 6.45) is 5.13. The van der Waals surface area contributed by atoms with Gasteiger partial charge in [0.25, 0.3) is 0 Å². The smallest absolute Gasteiger partial charge is 0.189 e. The van der Waals surface area contributed by atoms with Gasteiger partial charge in [0.05, 0.1) is 12.7 Å². The number of rotatable bonds is 5. The maximum absolute atomic E-state index is 13.3. The van der Waals surface area contributed by atoms with Crippen molar-refractivity contribution in [2.45, 2.75) is 4.90 Å². The highest BCUT2D eigenvalue weighted by Gasteiger charge is 2.10. The molecular formula is C17H15FO2S. The first-order chi connectivity index (χ1) is 10.1. The zero-order valence-electron chi connectivity index (χ0n) is 11.8. The summed E-state index contributed by atoms with van der Waals surface area (Å²) in [5.74, 6) is -0.388. The van der Waals surface area contributed by atoms with E-state index in [1.54, 1.807) is 17.8 Å². The Bertz CT molecular complexity index is 663. The molecule has 21 heavy (non-hydrogen) atoms. The Morgan fingerprint density at radius 2 is 1.90 bits per heavy atom. The van der Waals surface area contributed by atoms with E-state index in [0.717, 1.165) is 10.5 Å². The third-order valence-corrected chi connectivity index (χ3v) is 3.71. The van der Waals surface area contributed by atoms with Gasteiger partial charge in [0, 0.05) is 4.90 Å². The van der Waals surface area contributed by atoms with Crippen LogP contribution in [0.5, 0.6) is 5.75 Å². The number of benzene rings is 2. The summed E-state index contributed by atoms with van der Waals surface area (Å²) in [5.41, 5.74) is 1.13. The molecule has 4 heteroatoms. The van der Waals surface area contributed by atoms with E-state index in [9.17, 15) is 9.18 Å². The van der Waals surface area contributed by atoms with E-state index in [-0.39, 0.29) is 11.3 Å². The first-order valence-electron chi connectivity index (χ1n) is 6.34. The zero-order valence-corrected chi connectivity index (χ0v) is 12.6. The Hall–Kier alpha value is -2.07. The molecule has 0 spiro atoms. The maximum atomic E-state index is 13.3. The van der Waals surface area contributed by atoms with Crippen LogP contribution < -0.4 is 4.74 Å². The molecule has 0 amide bonds. The topological polar surface area (TPSA) is 26.3 Å². The van der Waals surface area contributed by atoms with Crippen molar-refractivity contribution in [2.24, 2.45) is 0 Å². The van der Waals surface area contributed by atoms with Gasteiger partial charge in [0.2, 0.25) is 0 Å². The van der Waals surface area contributed by atoms with Crippen LogP contribution >= 0.6 is 11.8 Å². The second-order valence-corrected chi connectivity index (χ2v) is 5.20. The number of halogens is 1. The van der Waals surface area contributed by atoms with E-state index in [4.69, 9.17) is 4.74 Å². The second-order valence-electron chi connectivity index (χ2n) is 4.32. The maximum Gasteiger partial charge on any atom is 0.189 e. The molecule has 0 aliphatic rings. The molecule has 2 aromatic carbocycles. The van der Waals surface area contributed by atoms with Crippen LogP contribution in [0.4, 0.5) is 4.39 Å².